The zero-order valence-electron chi connectivity index (χ0n) is 19.0. The zero-order chi connectivity index (χ0) is 22.8. The van der Waals surface area contributed by atoms with Crippen molar-refractivity contribution in [3.05, 3.63) is 77.4 Å². The molecule has 6 nitrogen and oxygen atoms in total. The summed E-state index contributed by atoms with van der Waals surface area (Å²) in [6, 6.07) is 14.1. The first-order chi connectivity index (χ1) is 15.4. The van der Waals surface area contributed by atoms with Crippen molar-refractivity contribution in [2.24, 2.45) is 7.05 Å². The number of benzene rings is 1. The third kappa shape index (κ3) is 4.12. The van der Waals surface area contributed by atoms with Crippen LogP contribution in [-0.4, -0.2) is 35.9 Å². The van der Waals surface area contributed by atoms with Gasteiger partial charge in [0.2, 0.25) is 0 Å². The minimum Gasteiger partial charge on any atom is -0.351 e. The number of ketones is 1. The summed E-state index contributed by atoms with van der Waals surface area (Å²) in [5.74, 6) is 1.42. The van der Waals surface area contributed by atoms with Crippen molar-refractivity contribution in [2.45, 2.75) is 38.8 Å². The summed E-state index contributed by atoms with van der Waals surface area (Å²) >= 11 is 1.41. The SMILES string of the molecule is Cc1cc(C(=O)CSc2nnc(-c3cccnc3)n2-c2ccccc2C(C)C)c(C)n1C. The van der Waals surface area contributed by atoms with Gasteiger partial charge < -0.3 is 4.57 Å². The molecule has 1 aromatic carbocycles. The second-order valence-electron chi connectivity index (χ2n) is 8.15. The molecule has 4 rings (SSSR count). The maximum Gasteiger partial charge on any atom is 0.196 e. The van der Waals surface area contributed by atoms with Crippen LogP contribution in [0.4, 0.5) is 0 Å². The lowest BCUT2D eigenvalue weighted by Gasteiger charge is -2.16. The molecule has 0 radical (unpaired) electrons. The van der Waals surface area contributed by atoms with Crippen LogP contribution in [0.15, 0.2) is 60.0 Å². The Bertz CT molecular complexity index is 1260. The van der Waals surface area contributed by atoms with Crippen LogP contribution in [0.3, 0.4) is 0 Å². The van der Waals surface area contributed by atoms with Crippen molar-refractivity contribution in [1.82, 2.24) is 24.3 Å². The highest BCUT2D eigenvalue weighted by Gasteiger charge is 2.21. The molecule has 0 bridgehead atoms. The summed E-state index contributed by atoms with van der Waals surface area (Å²) in [4.78, 5) is 17.3. The average molecular weight is 446 g/mol. The molecule has 0 atom stereocenters. The summed E-state index contributed by atoms with van der Waals surface area (Å²) in [5, 5.41) is 9.65. The quantitative estimate of drug-likeness (QED) is 0.282. The number of hydrogen-bond acceptors (Lipinski definition) is 5. The number of aromatic nitrogens is 5. The molecule has 32 heavy (non-hydrogen) atoms. The fourth-order valence-electron chi connectivity index (χ4n) is 3.79. The lowest BCUT2D eigenvalue weighted by Crippen LogP contribution is -2.08. The molecule has 164 valence electrons. The first-order valence-corrected chi connectivity index (χ1v) is 11.6. The fraction of sp³-hybridized carbons (Fsp3) is 0.280. The number of carbonyl (C=O) groups excluding carboxylic acids is 1. The second kappa shape index (κ2) is 9.12. The van der Waals surface area contributed by atoms with Crippen LogP contribution in [0.1, 0.15) is 47.1 Å². The van der Waals surface area contributed by atoms with Crippen molar-refractivity contribution in [1.29, 1.82) is 0 Å². The first kappa shape index (κ1) is 22.0. The fourth-order valence-corrected chi connectivity index (χ4v) is 4.62. The van der Waals surface area contributed by atoms with Gasteiger partial charge in [-0.15, -0.1) is 10.2 Å². The molecule has 3 aromatic heterocycles. The Kier molecular flexibility index (Phi) is 6.28. The van der Waals surface area contributed by atoms with Gasteiger partial charge >= 0.3 is 0 Å². The van der Waals surface area contributed by atoms with Gasteiger partial charge in [-0.3, -0.25) is 14.3 Å². The van der Waals surface area contributed by atoms with E-state index < -0.39 is 0 Å². The maximum atomic E-state index is 13.0. The molecule has 4 aromatic rings. The third-order valence-electron chi connectivity index (χ3n) is 5.76. The van der Waals surface area contributed by atoms with E-state index in [-0.39, 0.29) is 5.78 Å². The van der Waals surface area contributed by atoms with Gasteiger partial charge in [-0.05, 0) is 49.6 Å². The van der Waals surface area contributed by atoms with Gasteiger partial charge in [-0.1, -0.05) is 43.8 Å². The highest BCUT2D eigenvalue weighted by atomic mass is 32.2. The maximum absolute atomic E-state index is 13.0. The van der Waals surface area contributed by atoms with Crippen LogP contribution in [0.2, 0.25) is 0 Å². The van der Waals surface area contributed by atoms with Gasteiger partial charge in [0.25, 0.3) is 0 Å². The van der Waals surface area contributed by atoms with Gasteiger partial charge in [0.1, 0.15) is 0 Å². The molecule has 0 N–H and O–H groups in total. The third-order valence-corrected chi connectivity index (χ3v) is 6.69. The van der Waals surface area contributed by atoms with Gasteiger partial charge in [-0.2, -0.15) is 0 Å². The summed E-state index contributed by atoms with van der Waals surface area (Å²) in [6.07, 6.45) is 3.53. The summed E-state index contributed by atoms with van der Waals surface area (Å²) < 4.78 is 4.09. The number of hydrogen-bond donors (Lipinski definition) is 0. The van der Waals surface area contributed by atoms with Crippen molar-refractivity contribution in [2.75, 3.05) is 5.75 Å². The van der Waals surface area contributed by atoms with E-state index in [4.69, 9.17) is 0 Å². The predicted octanol–water partition coefficient (Wildman–Crippen LogP) is 5.38. The molecule has 0 unspecified atom stereocenters. The van der Waals surface area contributed by atoms with E-state index in [0.717, 1.165) is 28.2 Å². The van der Waals surface area contributed by atoms with E-state index in [1.165, 1.54) is 17.3 Å². The molecule has 0 aliphatic carbocycles. The Balaban J connectivity index is 1.74. The van der Waals surface area contributed by atoms with Gasteiger partial charge in [0.15, 0.2) is 16.8 Å². The molecule has 0 aliphatic heterocycles. The Morgan fingerprint density at radius 3 is 2.53 bits per heavy atom. The highest BCUT2D eigenvalue weighted by molar-refractivity contribution is 7.99. The predicted molar refractivity (Wildman–Crippen MR) is 129 cm³/mol. The monoisotopic (exact) mass is 445 g/mol. The first-order valence-electron chi connectivity index (χ1n) is 10.6. The number of thioether (sulfide) groups is 1. The van der Waals surface area contributed by atoms with Crippen LogP contribution in [0, 0.1) is 13.8 Å². The largest absolute Gasteiger partial charge is 0.351 e. The second-order valence-corrected chi connectivity index (χ2v) is 9.09. The van der Waals surface area contributed by atoms with Crippen molar-refractivity contribution >= 4 is 17.5 Å². The Morgan fingerprint density at radius 2 is 1.88 bits per heavy atom. The van der Waals surface area contributed by atoms with Gasteiger partial charge in [0.05, 0.1) is 11.4 Å². The molecular formula is C25H27N5OS. The zero-order valence-corrected chi connectivity index (χ0v) is 19.8. The molecule has 0 saturated heterocycles. The Labute approximate surface area is 192 Å². The van der Waals surface area contributed by atoms with Crippen molar-refractivity contribution in [3.63, 3.8) is 0 Å². The van der Waals surface area contributed by atoms with Gasteiger partial charge in [0, 0.05) is 42.0 Å². The molecule has 0 fully saturated rings. The van der Waals surface area contributed by atoms with Crippen LogP contribution >= 0.6 is 11.8 Å². The molecular weight excluding hydrogens is 418 g/mol. The smallest absolute Gasteiger partial charge is 0.196 e. The topological polar surface area (TPSA) is 65.6 Å². The van der Waals surface area contributed by atoms with Crippen LogP contribution < -0.4 is 0 Å². The van der Waals surface area contributed by atoms with E-state index in [9.17, 15) is 4.79 Å². The molecule has 0 amide bonds. The van der Waals surface area contributed by atoms with Crippen LogP contribution in [0.25, 0.3) is 17.1 Å². The van der Waals surface area contributed by atoms with E-state index in [1.807, 2.05) is 60.4 Å². The molecule has 0 spiro atoms. The van der Waals surface area contributed by atoms with E-state index >= 15 is 0 Å². The number of para-hydroxylation sites is 1. The van der Waals surface area contributed by atoms with Crippen LogP contribution in [-0.2, 0) is 7.05 Å². The number of rotatable bonds is 7. The Hall–Kier alpha value is -3.19. The summed E-state index contributed by atoms with van der Waals surface area (Å²) in [7, 11) is 1.98. The average Bonchev–Trinajstić information content (AvgIpc) is 3.34. The van der Waals surface area contributed by atoms with E-state index in [1.54, 1.807) is 12.4 Å². The minimum atomic E-state index is 0.0887. The number of Topliss-reactive ketones (excluding diaryl/α,β-unsaturated/α-hetero) is 1. The number of pyridine rings is 1. The normalized spacial score (nSPS) is 11.3. The Morgan fingerprint density at radius 1 is 1.09 bits per heavy atom. The molecule has 3 heterocycles. The molecule has 0 saturated carbocycles. The summed E-state index contributed by atoms with van der Waals surface area (Å²) in [6.45, 7) is 8.33. The van der Waals surface area contributed by atoms with Crippen molar-refractivity contribution < 1.29 is 4.79 Å². The van der Waals surface area contributed by atoms with E-state index in [2.05, 4.69) is 41.2 Å². The molecule has 0 aliphatic rings. The lowest BCUT2D eigenvalue weighted by atomic mass is 10.0. The van der Waals surface area contributed by atoms with E-state index in [0.29, 0.717) is 22.7 Å². The number of carbonyl (C=O) groups is 1. The molecule has 7 heteroatoms. The number of nitrogens with zero attached hydrogens (tertiary/aromatic N) is 5. The van der Waals surface area contributed by atoms with Crippen LogP contribution in [0.5, 0.6) is 0 Å². The standard InChI is InChI=1S/C25H27N5OS/c1-16(2)20-10-6-7-11-22(20)30-24(19-9-8-12-26-14-19)27-28-25(30)32-15-23(31)21-13-17(3)29(5)18(21)4/h6-14,16H,15H2,1-5H3. The van der Waals surface area contributed by atoms with Gasteiger partial charge in [-0.25, -0.2) is 0 Å². The summed E-state index contributed by atoms with van der Waals surface area (Å²) in [5.41, 5.74) is 5.91. The lowest BCUT2D eigenvalue weighted by molar-refractivity contribution is 0.102. The van der Waals surface area contributed by atoms with Crippen molar-refractivity contribution in [3.8, 4) is 17.1 Å². The minimum absolute atomic E-state index is 0.0887. The highest BCUT2D eigenvalue weighted by Crippen LogP contribution is 2.32. The number of aryl methyl sites for hydroxylation is 1.